The van der Waals surface area contributed by atoms with Crippen LogP contribution in [0.25, 0.3) is 0 Å². The molecule has 1 N–H and O–H groups in total. The molecule has 0 aromatic heterocycles. The van der Waals surface area contributed by atoms with Gasteiger partial charge in [0, 0.05) is 17.6 Å². The third-order valence-electron chi connectivity index (χ3n) is 2.55. The van der Waals surface area contributed by atoms with Crippen molar-refractivity contribution in [2.75, 3.05) is 6.54 Å². The van der Waals surface area contributed by atoms with Crippen LogP contribution < -0.4 is 5.32 Å². The highest BCUT2D eigenvalue weighted by Crippen LogP contribution is 2.30. The van der Waals surface area contributed by atoms with Crippen molar-refractivity contribution >= 4 is 11.6 Å². The highest BCUT2D eigenvalue weighted by Gasteiger charge is 2.19. The molecule has 2 heteroatoms. The van der Waals surface area contributed by atoms with E-state index in [1.54, 1.807) is 0 Å². The molecule has 1 aliphatic rings. The Balaban J connectivity index is 2.02. The summed E-state index contributed by atoms with van der Waals surface area (Å²) in [7, 11) is 0. The predicted molar refractivity (Wildman–Crippen MR) is 54.4 cm³/mol. The summed E-state index contributed by atoms with van der Waals surface area (Å²) >= 11 is 5.65. The molecule has 0 amide bonds. The van der Waals surface area contributed by atoms with Crippen molar-refractivity contribution in [3.63, 3.8) is 0 Å². The van der Waals surface area contributed by atoms with Gasteiger partial charge in [0.15, 0.2) is 0 Å². The Morgan fingerprint density at radius 1 is 1.67 bits per heavy atom. The third-order valence-corrected chi connectivity index (χ3v) is 2.69. The van der Waals surface area contributed by atoms with Crippen LogP contribution in [0.5, 0.6) is 0 Å². The lowest BCUT2D eigenvalue weighted by Crippen LogP contribution is -2.30. The maximum Gasteiger partial charge on any atom is 0.0309 e. The fourth-order valence-electron chi connectivity index (χ4n) is 1.60. The van der Waals surface area contributed by atoms with Gasteiger partial charge < -0.3 is 5.32 Å². The van der Waals surface area contributed by atoms with Crippen molar-refractivity contribution in [2.45, 2.75) is 38.6 Å². The lowest BCUT2D eigenvalue weighted by atomic mass is 9.81. The maximum absolute atomic E-state index is 5.65. The van der Waals surface area contributed by atoms with Crippen molar-refractivity contribution in [3.05, 3.63) is 11.6 Å². The van der Waals surface area contributed by atoms with Crippen LogP contribution >= 0.6 is 11.6 Å². The maximum atomic E-state index is 5.65. The molecular weight excluding hydrogens is 170 g/mol. The second-order valence-corrected chi connectivity index (χ2v) is 4.37. The lowest BCUT2D eigenvalue weighted by molar-refractivity contribution is 0.268. The fraction of sp³-hybridized carbons (Fsp3) is 0.800. The molecule has 1 fully saturated rings. The number of nitrogens with one attached hydrogen (secondary N) is 1. The van der Waals surface area contributed by atoms with E-state index in [-0.39, 0.29) is 0 Å². The van der Waals surface area contributed by atoms with E-state index < -0.39 is 0 Å². The molecule has 0 aromatic carbocycles. The van der Waals surface area contributed by atoms with E-state index in [1.165, 1.54) is 25.7 Å². The van der Waals surface area contributed by atoms with Crippen molar-refractivity contribution in [1.29, 1.82) is 0 Å². The van der Waals surface area contributed by atoms with Crippen LogP contribution in [0.15, 0.2) is 11.6 Å². The number of hydrogen-bond donors (Lipinski definition) is 1. The summed E-state index contributed by atoms with van der Waals surface area (Å²) < 4.78 is 0. The minimum atomic E-state index is 0.589. The van der Waals surface area contributed by atoms with Gasteiger partial charge in [-0.15, -0.1) is 0 Å². The van der Waals surface area contributed by atoms with Gasteiger partial charge >= 0.3 is 0 Å². The van der Waals surface area contributed by atoms with Gasteiger partial charge in [0.25, 0.3) is 0 Å². The van der Waals surface area contributed by atoms with Crippen molar-refractivity contribution in [3.8, 4) is 0 Å². The molecular formula is C10H18ClN. The topological polar surface area (TPSA) is 12.0 Å². The van der Waals surface area contributed by atoms with Gasteiger partial charge in [0.05, 0.1) is 0 Å². The minimum absolute atomic E-state index is 0.589. The standard InChI is InChI=1S/C10H18ClN/c1-8(11)7-12-9(2)6-10-4-3-5-10/h9-10,12H,1,3-7H2,2H3. The Labute approximate surface area is 80.2 Å². The Bertz CT molecular complexity index is 152. The average Bonchev–Trinajstić information content (AvgIpc) is 1.93. The van der Waals surface area contributed by atoms with Gasteiger partial charge in [0.2, 0.25) is 0 Å². The fourth-order valence-corrected chi connectivity index (χ4v) is 1.67. The quantitative estimate of drug-likeness (QED) is 0.698. The highest BCUT2D eigenvalue weighted by molar-refractivity contribution is 6.29. The lowest BCUT2D eigenvalue weighted by Gasteiger charge is -2.28. The van der Waals surface area contributed by atoms with Gasteiger partial charge in [-0.2, -0.15) is 0 Å². The molecule has 1 unspecified atom stereocenters. The summed E-state index contributed by atoms with van der Waals surface area (Å²) in [5, 5.41) is 4.05. The predicted octanol–water partition coefficient (Wildman–Crippen LogP) is 2.91. The SMILES string of the molecule is C=C(Cl)CNC(C)CC1CCC1. The second kappa shape index (κ2) is 4.88. The Morgan fingerprint density at radius 2 is 2.33 bits per heavy atom. The van der Waals surface area contributed by atoms with E-state index in [9.17, 15) is 0 Å². The van der Waals surface area contributed by atoms with Gasteiger partial charge in [0.1, 0.15) is 0 Å². The molecule has 12 heavy (non-hydrogen) atoms. The normalized spacial score (nSPS) is 20.2. The first-order valence-electron chi connectivity index (χ1n) is 4.75. The first-order valence-corrected chi connectivity index (χ1v) is 5.13. The van der Waals surface area contributed by atoms with Gasteiger partial charge in [-0.05, 0) is 19.3 Å². The molecule has 0 heterocycles. The largest absolute Gasteiger partial charge is 0.309 e. The van der Waals surface area contributed by atoms with Crippen LogP contribution in [0, 0.1) is 5.92 Å². The summed E-state index contributed by atoms with van der Waals surface area (Å²) in [6.07, 6.45) is 5.57. The van der Waals surface area contributed by atoms with E-state index in [1.807, 2.05) is 0 Å². The number of halogens is 1. The Kier molecular flexibility index (Phi) is 4.10. The molecule has 0 aliphatic heterocycles. The van der Waals surface area contributed by atoms with Crippen LogP contribution in [0.1, 0.15) is 32.6 Å². The smallest absolute Gasteiger partial charge is 0.0309 e. The summed E-state index contributed by atoms with van der Waals surface area (Å²) in [4.78, 5) is 0. The molecule has 0 spiro atoms. The Hall–Kier alpha value is -0.0100. The second-order valence-electron chi connectivity index (χ2n) is 3.83. The summed E-state index contributed by atoms with van der Waals surface area (Å²) in [6, 6.07) is 0.589. The Morgan fingerprint density at radius 3 is 2.75 bits per heavy atom. The average molecular weight is 188 g/mol. The molecule has 0 radical (unpaired) electrons. The number of rotatable bonds is 5. The van der Waals surface area contributed by atoms with Crippen molar-refractivity contribution < 1.29 is 0 Å². The van der Waals surface area contributed by atoms with Gasteiger partial charge in [-0.1, -0.05) is 37.4 Å². The zero-order valence-corrected chi connectivity index (χ0v) is 8.53. The molecule has 0 saturated heterocycles. The summed E-state index contributed by atoms with van der Waals surface area (Å²) in [6.45, 7) is 6.61. The zero-order chi connectivity index (χ0) is 8.97. The van der Waals surface area contributed by atoms with Gasteiger partial charge in [-0.25, -0.2) is 0 Å². The van der Waals surface area contributed by atoms with Crippen molar-refractivity contribution in [2.24, 2.45) is 5.92 Å². The van der Waals surface area contributed by atoms with Crippen LogP contribution in [0.3, 0.4) is 0 Å². The first kappa shape index (κ1) is 10.1. The monoisotopic (exact) mass is 187 g/mol. The summed E-state index contributed by atoms with van der Waals surface area (Å²) in [5.41, 5.74) is 0. The minimum Gasteiger partial charge on any atom is -0.309 e. The molecule has 1 nitrogen and oxygen atoms in total. The third kappa shape index (κ3) is 3.59. The number of hydrogen-bond acceptors (Lipinski definition) is 1. The molecule has 0 aromatic rings. The first-order chi connectivity index (χ1) is 5.68. The van der Waals surface area contributed by atoms with Crippen LogP contribution in [0.4, 0.5) is 0 Å². The van der Waals surface area contributed by atoms with E-state index in [2.05, 4.69) is 18.8 Å². The van der Waals surface area contributed by atoms with E-state index >= 15 is 0 Å². The van der Waals surface area contributed by atoms with Crippen LogP contribution in [-0.2, 0) is 0 Å². The van der Waals surface area contributed by atoms with Gasteiger partial charge in [-0.3, -0.25) is 0 Å². The van der Waals surface area contributed by atoms with Crippen molar-refractivity contribution in [1.82, 2.24) is 5.32 Å². The zero-order valence-electron chi connectivity index (χ0n) is 7.78. The van der Waals surface area contributed by atoms with E-state index in [0.717, 1.165) is 12.5 Å². The van der Waals surface area contributed by atoms with Crippen LogP contribution in [-0.4, -0.2) is 12.6 Å². The molecule has 1 saturated carbocycles. The molecule has 1 aliphatic carbocycles. The molecule has 0 bridgehead atoms. The highest BCUT2D eigenvalue weighted by atomic mass is 35.5. The van der Waals surface area contributed by atoms with E-state index in [0.29, 0.717) is 11.1 Å². The molecule has 1 atom stereocenters. The van der Waals surface area contributed by atoms with E-state index in [4.69, 9.17) is 11.6 Å². The molecule has 1 rings (SSSR count). The van der Waals surface area contributed by atoms with Crippen LogP contribution in [0.2, 0.25) is 0 Å². The summed E-state index contributed by atoms with van der Waals surface area (Å²) in [5.74, 6) is 0.969. The molecule has 70 valence electrons.